The molecule has 0 fully saturated rings. The molecule has 0 nitrogen and oxygen atoms in total. The summed E-state index contributed by atoms with van der Waals surface area (Å²) in [5, 5.41) is 0.820. The van der Waals surface area contributed by atoms with E-state index in [4.69, 9.17) is 11.6 Å². The van der Waals surface area contributed by atoms with Gasteiger partial charge in [-0.05, 0) is 35.4 Å². The molecule has 0 radical (unpaired) electrons. The molecule has 0 aliphatic rings. The highest BCUT2D eigenvalue weighted by molar-refractivity contribution is 6.30. The maximum absolute atomic E-state index is 5.88. The van der Waals surface area contributed by atoms with Crippen LogP contribution in [0.1, 0.15) is 52.0 Å². The van der Waals surface area contributed by atoms with Gasteiger partial charge >= 0.3 is 0 Å². The smallest absolute Gasteiger partial charge is 0.0406 e. The molecule has 0 aromatic heterocycles. The van der Waals surface area contributed by atoms with Crippen LogP contribution in [0.4, 0.5) is 0 Å². The van der Waals surface area contributed by atoms with Crippen molar-refractivity contribution in [2.75, 3.05) is 0 Å². The molecule has 1 unspecified atom stereocenters. The molecule has 0 spiro atoms. The van der Waals surface area contributed by atoms with Crippen LogP contribution in [0.5, 0.6) is 0 Å². The normalized spacial score (nSPS) is 13.9. The van der Waals surface area contributed by atoms with E-state index in [1.807, 2.05) is 12.1 Å². The van der Waals surface area contributed by atoms with E-state index >= 15 is 0 Å². The Morgan fingerprint density at radius 3 is 2.20 bits per heavy atom. The second-order valence-electron chi connectivity index (χ2n) is 5.17. The average Bonchev–Trinajstić information content (AvgIpc) is 2.18. The summed E-state index contributed by atoms with van der Waals surface area (Å²) in [6.07, 6.45) is 2.45. The van der Waals surface area contributed by atoms with E-state index in [0.29, 0.717) is 11.3 Å². The molecule has 0 amide bonds. The fourth-order valence-corrected chi connectivity index (χ4v) is 2.01. The minimum absolute atomic E-state index is 0.430. The zero-order valence-electron chi connectivity index (χ0n) is 10.2. The molecule has 0 heterocycles. The Hall–Kier alpha value is -0.490. The zero-order chi connectivity index (χ0) is 11.5. The molecule has 1 aromatic carbocycles. The fraction of sp³-hybridized carbons (Fsp3) is 0.571. The summed E-state index contributed by atoms with van der Waals surface area (Å²) in [7, 11) is 0. The van der Waals surface area contributed by atoms with Crippen molar-refractivity contribution in [3.8, 4) is 0 Å². The van der Waals surface area contributed by atoms with Crippen LogP contribution in [-0.2, 0) is 0 Å². The highest BCUT2D eigenvalue weighted by Gasteiger charge is 2.19. The Morgan fingerprint density at radius 1 is 1.20 bits per heavy atom. The second kappa shape index (κ2) is 5.03. The Balaban J connectivity index is 2.69. The van der Waals surface area contributed by atoms with Crippen LogP contribution in [-0.4, -0.2) is 0 Å². The molecule has 0 aliphatic heterocycles. The van der Waals surface area contributed by atoms with Crippen LogP contribution in [0.2, 0.25) is 5.02 Å². The molecule has 84 valence electrons. The molecule has 0 saturated carbocycles. The Kier molecular flexibility index (Phi) is 4.21. The molecule has 1 atom stereocenters. The lowest BCUT2D eigenvalue weighted by molar-refractivity contribution is 0.299. The lowest BCUT2D eigenvalue weighted by atomic mass is 9.79. The van der Waals surface area contributed by atoms with Crippen molar-refractivity contribution in [3.05, 3.63) is 34.9 Å². The van der Waals surface area contributed by atoms with Crippen molar-refractivity contribution in [1.29, 1.82) is 0 Å². The standard InChI is InChI=1S/C14H21Cl/c1-5-14(3,4)10-11(2)12-6-8-13(15)9-7-12/h6-9,11H,5,10H2,1-4H3. The van der Waals surface area contributed by atoms with E-state index in [1.54, 1.807) is 0 Å². The number of rotatable bonds is 4. The van der Waals surface area contributed by atoms with Crippen molar-refractivity contribution in [2.45, 2.75) is 46.5 Å². The van der Waals surface area contributed by atoms with Gasteiger partial charge in [0.15, 0.2) is 0 Å². The SMILES string of the molecule is CCC(C)(C)CC(C)c1ccc(Cl)cc1. The first-order valence-electron chi connectivity index (χ1n) is 5.70. The fourth-order valence-electron chi connectivity index (χ4n) is 1.88. The van der Waals surface area contributed by atoms with Crippen LogP contribution in [0.25, 0.3) is 0 Å². The molecular weight excluding hydrogens is 204 g/mol. The lowest BCUT2D eigenvalue weighted by Gasteiger charge is -2.26. The summed E-state index contributed by atoms with van der Waals surface area (Å²) >= 11 is 5.88. The molecule has 0 bridgehead atoms. The number of benzene rings is 1. The number of halogens is 1. The summed E-state index contributed by atoms with van der Waals surface area (Å²) in [6, 6.07) is 8.23. The van der Waals surface area contributed by atoms with Crippen molar-refractivity contribution >= 4 is 11.6 Å². The summed E-state index contributed by atoms with van der Waals surface area (Å²) in [5.74, 6) is 0.609. The highest BCUT2D eigenvalue weighted by Crippen LogP contribution is 2.33. The van der Waals surface area contributed by atoms with Gasteiger partial charge in [-0.15, -0.1) is 0 Å². The van der Waals surface area contributed by atoms with Gasteiger partial charge in [0.05, 0.1) is 0 Å². The zero-order valence-corrected chi connectivity index (χ0v) is 10.9. The predicted octanol–water partition coefficient (Wildman–Crippen LogP) is 5.27. The summed E-state index contributed by atoms with van der Waals surface area (Å²) < 4.78 is 0. The highest BCUT2D eigenvalue weighted by atomic mass is 35.5. The molecule has 0 aliphatic carbocycles. The average molecular weight is 225 g/mol. The Bertz CT molecular complexity index is 298. The van der Waals surface area contributed by atoms with Crippen molar-refractivity contribution < 1.29 is 0 Å². The molecule has 1 aromatic rings. The van der Waals surface area contributed by atoms with Crippen LogP contribution in [0.15, 0.2) is 24.3 Å². The maximum Gasteiger partial charge on any atom is 0.0406 e. The second-order valence-corrected chi connectivity index (χ2v) is 5.61. The first-order valence-corrected chi connectivity index (χ1v) is 6.08. The van der Waals surface area contributed by atoms with Gasteiger partial charge in [-0.3, -0.25) is 0 Å². The van der Waals surface area contributed by atoms with Crippen LogP contribution >= 0.6 is 11.6 Å². The lowest BCUT2D eigenvalue weighted by Crippen LogP contribution is -2.13. The van der Waals surface area contributed by atoms with Gasteiger partial charge in [-0.1, -0.05) is 57.8 Å². The Morgan fingerprint density at radius 2 is 1.73 bits per heavy atom. The van der Waals surface area contributed by atoms with Gasteiger partial charge in [0.2, 0.25) is 0 Å². The monoisotopic (exact) mass is 224 g/mol. The molecule has 1 rings (SSSR count). The van der Waals surface area contributed by atoms with Crippen molar-refractivity contribution in [2.24, 2.45) is 5.41 Å². The summed E-state index contributed by atoms with van der Waals surface area (Å²) in [4.78, 5) is 0. The number of hydrogen-bond acceptors (Lipinski definition) is 0. The van der Waals surface area contributed by atoms with E-state index in [-0.39, 0.29) is 0 Å². The third kappa shape index (κ3) is 3.87. The van der Waals surface area contributed by atoms with Gasteiger partial charge in [-0.25, -0.2) is 0 Å². The quantitative estimate of drug-likeness (QED) is 0.654. The molecule has 0 saturated heterocycles. The van der Waals surface area contributed by atoms with Gasteiger partial charge in [0.1, 0.15) is 0 Å². The third-order valence-electron chi connectivity index (χ3n) is 3.25. The number of hydrogen-bond donors (Lipinski definition) is 0. The van der Waals surface area contributed by atoms with Gasteiger partial charge in [-0.2, -0.15) is 0 Å². The summed E-state index contributed by atoms with van der Waals surface area (Å²) in [6.45, 7) is 9.22. The summed E-state index contributed by atoms with van der Waals surface area (Å²) in [5.41, 5.74) is 1.82. The van der Waals surface area contributed by atoms with E-state index in [9.17, 15) is 0 Å². The minimum atomic E-state index is 0.430. The van der Waals surface area contributed by atoms with Crippen molar-refractivity contribution in [1.82, 2.24) is 0 Å². The van der Waals surface area contributed by atoms with Gasteiger partial charge in [0, 0.05) is 5.02 Å². The molecule has 0 N–H and O–H groups in total. The van der Waals surface area contributed by atoms with Gasteiger partial charge in [0.25, 0.3) is 0 Å². The van der Waals surface area contributed by atoms with Crippen LogP contribution in [0, 0.1) is 5.41 Å². The molecule has 15 heavy (non-hydrogen) atoms. The predicted molar refractivity (Wildman–Crippen MR) is 68.6 cm³/mol. The maximum atomic E-state index is 5.88. The topological polar surface area (TPSA) is 0 Å². The minimum Gasteiger partial charge on any atom is -0.0843 e. The van der Waals surface area contributed by atoms with E-state index < -0.39 is 0 Å². The van der Waals surface area contributed by atoms with Crippen LogP contribution < -0.4 is 0 Å². The van der Waals surface area contributed by atoms with E-state index in [2.05, 4.69) is 39.8 Å². The van der Waals surface area contributed by atoms with Crippen LogP contribution in [0.3, 0.4) is 0 Å². The van der Waals surface area contributed by atoms with E-state index in [0.717, 1.165) is 5.02 Å². The Labute approximate surface area is 98.7 Å². The third-order valence-corrected chi connectivity index (χ3v) is 3.51. The molecular formula is C14H21Cl. The first kappa shape index (κ1) is 12.6. The van der Waals surface area contributed by atoms with Crippen molar-refractivity contribution in [3.63, 3.8) is 0 Å². The van der Waals surface area contributed by atoms with Gasteiger partial charge < -0.3 is 0 Å². The van der Waals surface area contributed by atoms with E-state index in [1.165, 1.54) is 18.4 Å². The largest absolute Gasteiger partial charge is 0.0843 e. The first-order chi connectivity index (χ1) is 6.94. The molecule has 1 heteroatoms.